The van der Waals surface area contributed by atoms with Gasteiger partial charge in [-0.3, -0.25) is 5.43 Å². The van der Waals surface area contributed by atoms with Gasteiger partial charge in [-0.15, -0.1) is 0 Å². The van der Waals surface area contributed by atoms with Crippen LogP contribution in [0.4, 0.5) is 5.69 Å². The number of thiocarbonyl (C=S) groups is 1. The molecule has 0 amide bonds. The summed E-state index contributed by atoms with van der Waals surface area (Å²) in [7, 11) is 3.12. The highest BCUT2D eigenvalue weighted by atomic mass is 32.1. The molecule has 0 bridgehead atoms. The minimum atomic E-state index is -1.12. The zero-order valence-electron chi connectivity index (χ0n) is 16.1. The van der Waals surface area contributed by atoms with Gasteiger partial charge in [0.1, 0.15) is 11.5 Å². The third-order valence-corrected chi connectivity index (χ3v) is 4.09. The molecule has 2 N–H and O–H groups in total. The second kappa shape index (κ2) is 9.75. The van der Waals surface area contributed by atoms with Crippen LogP contribution in [0.3, 0.4) is 0 Å². The summed E-state index contributed by atoms with van der Waals surface area (Å²) in [6.45, 7) is 3.59. The Bertz CT molecular complexity index is 892. The van der Waals surface area contributed by atoms with Crippen molar-refractivity contribution >= 4 is 34.7 Å². The highest BCUT2D eigenvalue weighted by molar-refractivity contribution is 7.80. The monoisotopic (exact) mass is 404 g/mol. The van der Waals surface area contributed by atoms with Gasteiger partial charge in [-0.1, -0.05) is 0 Å². The number of carboxylic acid groups (broad SMARTS) is 1. The van der Waals surface area contributed by atoms with E-state index in [2.05, 4.69) is 15.8 Å². The average molecular weight is 404 g/mol. The number of aliphatic carboxylic acids is 1. The molecule has 0 aliphatic heterocycles. The lowest BCUT2D eigenvalue weighted by Gasteiger charge is -2.11. The minimum absolute atomic E-state index is 0.0971. The summed E-state index contributed by atoms with van der Waals surface area (Å²) in [6.07, 6.45) is 0.170. The van der Waals surface area contributed by atoms with Crippen LogP contribution < -0.4 is 25.3 Å². The maximum Gasteiger partial charge on any atom is 0.191 e. The van der Waals surface area contributed by atoms with Crippen LogP contribution in [0.2, 0.25) is 0 Å². The molecule has 1 aromatic carbocycles. The average Bonchev–Trinajstić information content (AvgIpc) is 3.05. The summed E-state index contributed by atoms with van der Waals surface area (Å²) in [4.78, 5) is 10.6. The number of nitrogens with zero attached hydrogens (tertiary/aromatic N) is 1. The number of methoxy groups -OCH3 is 2. The molecule has 2 rings (SSSR count). The van der Waals surface area contributed by atoms with Crippen LogP contribution in [0.15, 0.2) is 33.8 Å². The van der Waals surface area contributed by atoms with Gasteiger partial charge in [0.25, 0.3) is 0 Å². The summed E-state index contributed by atoms with van der Waals surface area (Å²) in [6, 6.07) is 7.09. The van der Waals surface area contributed by atoms with Crippen LogP contribution in [-0.2, 0) is 11.2 Å². The topological polar surface area (TPSA) is 108 Å². The van der Waals surface area contributed by atoms with Crippen molar-refractivity contribution in [1.29, 1.82) is 0 Å². The number of furan rings is 1. The minimum Gasteiger partial charge on any atom is -0.550 e. The van der Waals surface area contributed by atoms with E-state index in [-0.39, 0.29) is 12.8 Å². The van der Waals surface area contributed by atoms with Crippen molar-refractivity contribution in [3.05, 3.63) is 41.3 Å². The van der Waals surface area contributed by atoms with Crippen molar-refractivity contribution in [2.45, 2.75) is 26.7 Å². The van der Waals surface area contributed by atoms with E-state index in [0.29, 0.717) is 39.5 Å². The number of aryl methyl sites for hydroxylation is 2. The molecule has 0 unspecified atom stereocenters. The van der Waals surface area contributed by atoms with E-state index in [1.807, 2.05) is 0 Å². The highest BCUT2D eigenvalue weighted by Crippen LogP contribution is 2.29. The molecule has 1 heterocycles. The second-order valence-electron chi connectivity index (χ2n) is 5.89. The quantitative estimate of drug-likeness (QED) is 0.391. The number of hydrogen-bond donors (Lipinski definition) is 2. The van der Waals surface area contributed by atoms with Crippen LogP contribution in [0.25, 0.3) is 0 Å². The summed E-state index contributed by atoms with van der Waals surface area (Å²) >= 11 is 5.26. The number of hydrazone groups is 1. The van der Waals surface area contributed by atoms with Gasteiger partial charge >= 0.3 is 0 Å². The third-order valence-electron chi connectivity index (χ3n) is 3.90. The largest absolute Gasteiger partial charge is 0.550 e. The van der Waals surface area contributed by atoms with Crippen LogP contribution in [-0.4, -0.2) is 31.0 Å². The predicted octanol–water partition coefficient (Wildman–Crippen LogP) is 2.00. The molecule has 1 aromatic heterocycles. The van der Waals surface area contributed by atoms with Crippen molar-refractivity contribution in [3.63, 3.8) is 0 Å². The molecule has 0 fully saturated rings. The standard InChI is InChI=1S/C19H23N3O5S/c1-11(15-10-14(27-12(15)2)6-8-18(23)24)21-22-19(28)20-13-5-7-16(25-3)17(9-13)26-4/h5,7,9-10H,6,8H2,1-4H3,(H,23,24)(H2,20,22,28)/p-1/b21-11-. The van der Waals surface area contributed by atoms with E-state index in [0.717, 1.165) is 5.56 Å². The summed E-state index contributed by atoms with van der Waals surface area (Å²) < 4.78 is 16.0. The molecule has 2 aromatic rings. The summed E-state index contributed by atoms with van der Waals surface area (Å²) in [5.74, 6) is 1.29. The molecule has 0 atom stereocenters. The van der Waals surface area contributed by atoms with Crippen molar-refractivity contribution in [1.82, 2.24) is 5.43 Å². The zero-order valence-corrected chi connectivity index (χ0v) is 16.9. The van der Waals surface area contributed by atoms with E-state index in [1.54, 1.807) is 52.3 Å². The summed E-state index contributed by atoms with van der Waals surface area (Å²) in [5.41, 5.74) is 4.91. The van der Waals surface area contributed by atoms with Gasteiger partial charge in [-0.2, -0.15) is 5.10 Å². The first-order chi connectivity index (χ1) is 13.3. The number of carbonyl (C=O) groups excluding carboxylic acids is 1. The van der Waals surface area contributed by atoms with Gasteiger partial charge in [0.15, 0.2) is 16.6 Å². The number of hydrogen-bond acceptors (Lipinski definition) is 7. The van der Waals surface area contributed by atoms with E-state index >= 15 is 0 Å². The molecule has 150 valence electrons. The lowest BCUT2D eigenvalue weighted by molar-refractivity contribution is -0.305. The molecular weight excluding hydrogens is 382 g/mol. The fourth-order valence-electron chi connectivity index (χ4n) is 2.52. The van der Waals surface area contributed by atoms with Crippen LogP contribution in [0.1, 0.15) is 30.4 Å². The highest BCUT2D eigenvalue weighted by Gasteiger charge is 2.11. The first-order valence-corrected chi connectivity index (χ1v) is 8.87. The molecule has 0 aliphatic rings. The van der Waals surface area contributed by atoms with Gasteiger partial charge in [-0.25, -0.2) is 0 Å². The Labute approximate surface area is 168 Å². The number of benzene rings is 1. The molecule has 9 heteroatoms. The van der Waals surface area contributed by atoms with E-state index in [9.17, 15) is 9.90 Å². The number of nitrogens with one attached hydrogen (secondary N) is 2. The number of rotatable bonds is 8. The lowest BCUT2D eigenvalue weighted by atomic mass is 10.1. The molecule has 0 saturated heterocycles. The fourth-order valence-corrected chi connectivity index (χ4v) is 2.68. The first-order valence-electron chi connectivity index (χ1n) is 8.47. The van der Waals surface area contributed by atoms with Crippen molar-refractivity contribution < 1.29 is 23.8 Å². The number of carbonyl (C=O) groups is 1. The molecule has 8 nitrogen and oxygen atoms in total. The molecule has 28 heavy (non-hydrogen) atoms. The van der Waals surface area contributed by atoms with Gasteiger partial charge in [0.05, 0.1) is 19.9 Å². The molecule has 0 spiro atoms. The molecular formula is C19H22N3O5S-. The van der Waals surface area contributed by atoms with Crippen LogP contribution in [0.5, 0.6) is 11.5 Å². The van der Waals surface area contributed by atoms with Crippen LogP contribution in [0, 0.1) is 6.92 Å². The van der Waals surface area contributed by atoms with E-state index in [4.69, 9.17) is 26.1 Å². The lowest BCUT2D eigenvalue weighted by Crippen LogP contribution is -2.25. The van der Waals surface area contributed by atoms with Gasteiger partial charge in [0, 0.05) is 29.7 Å². The number of carboxylic acids is 1. The maximum absolute atomic E-state index is 10.6. The van der Waals surface area contributed by atoms with Crippen molar-refractivity contribution in [3.8, 4) is 11.5 Å². The summed E-state index contributed by atoms with van der Waals surface area (Å²) in [5, 5.41) is 18.1. The van der Waals surface area contributed by atoms with Crippen molar-refractivity contribution in [2.75, 3.05) is 19.5 Å². The smallest absolute Gasteiger partial charge is 0.191 e. The Morgan fingerprint density at radius 3 is 2.61 bits per heavy atom. The Hall–Kier alpha value is -3.07. The Morgan fingerprint density at radius 2 is 1.96 bits per heavy atom. The molecule has 0 radical (unpaired) electrons. The number of anilines is 1. The predicted molar refractivity (Wildman–Crippen MR) is 108 cm³/mol. The molecule has 0 saturated carbocycles. The van der Waals surface area contributed by atoms with E-state index < -0.39 is 5.97 Å². The maximum atomic E-state index is 10.6. The third kappa shape index (κ3) is 5.71. The number of ether oxygens (including phenoxy) is 2. The van der Waals surface area contributed by atoms with Gasteiger partial charge in [0.2, 0.25) is 0 Å². The Balaban J connectivity index is 2.01. The SMILES string of the molecule is COc1ccc(NC(=S)N/N=C(/C)c2cc(CCC(=O)[O-])oc2C)cc1OC. The molecule has 0 aliphatic carbocycles. The Morgan fingerprint density at radius 1 is 1.25 bits per heavy atom. The van der Waals surface area contributed by atoms with Gasteiger partial charge < -0.3 is 29.1 Å². The van der Waals surface area contributed by atoms with Gasteiger partial charge in [-0.05, 0) is 50.7 Å². The van der Waals surface area contributed by atoms with Crippen molar-refractivity contribution in [2.24, 2.45) is 5.10 Å². The van der Waals surface area contributed by atoms with Crippen LogP contribution >= 0.6 is 12.2 Å². The van der Waals surface area contributed by atoms with E-state index in [1.165, 1.54) is 0 Å². The fraction of sp³-hybridized carbons (Fsp3) is 0.316. The normalized spacial score (nSPS) is 11.1. The Kier molecular flexibility index (Phi) is 7.39. The zero-order chi connectivity index (χ0) is 20.7. The first kappa shape index (κ1) is 21.2. The second-order valence-corrected chi connectivity index (χ2v) is 6.30.